The zero-order valence-corrected chi connectivity index (χ0v) is 11.8. The van der Waals surface area contributed by atoms with Crippen molar-refractivity contribution in [1.29, 1.82) is 0 Å². The van der Waals surface area contributed by atoms with Crippen LogP contribution in [0.2, 0.25) is 0 Å². The van der Waals surface area contributed by atoms with Gasteiger partial charge in [-0.15, -0.1) is 0 Å². The highest BCUT2D eigenvalue weighted by Crippen LogP contribution is 2.32. The minimum atomic E-state index is 0.608. The van der Waals surface area contributed by atoms with E-state index in [4.69, 9.17) is 0 Å². The van der Waals surface area contributed by atoms with Gasteiger partial charge in [-0.05, 0) is 48.6 Å². The Kier molecular flexibility index (Phi) is 3.41. The number of nitrogens with one attached hydrogen (secondary N) is 1. The molecule has 1 aliphatic carbocycles. The largest absolute Gasteiger partial charge is 0.382 e. The highest BCUT2D eigenvalue weighted by molar-refractivity contribution is 5.93. The number of aromatic nitrogens is 1. The average Bonchev–Trinajstić information content (AvgIpc) is 2.43. The summed E-state index contributed by atoms with van der Waals surface area (Å²) in [5.41, 5.74) is 1.23. The SMILES string of the molecule is CC1CCC(Nc2cccc3ccncc23)CC1C. The molecule has 0 aliphatic heterocycles. The van der Waals surface area contributed by atoms with Gasteiger partial charge in [0.2, 0.25) is 0 Å². The van der Waals surface area contributed by atoms with Crippen LogP contribution in [0.25, 0.3) is 10.8 Å². The Morgan fingerprint density at radius 2 is 2.00 bits per heavy atom. The van der Waals surface area contributed by atoms with Crippen LogP contribution in [0, 0.1) is 11.8 Å². The Morgan fingerprint density at radius 3 is 2.84 bits per heavy atom. The number of benzene rings is 1. The lowest BCUT2D eigenvalue weighted by Gasteiger charge is -2.33. The molecule has 1 heterocycles. The van der Waals surface area contributed by atoms with E-state index in [-0.39, 0.29) is 0 Å². The molecule has 3 atom stereocenters. The number of pyridine rings is 1. The second kappa shape index (κ2) is 5.20. The number of anilines is 1. The molecule has 100 valence electrons. The molecule has 0 spiro atoms. The van der Waals surface area contributed by atoms with Crippen molar-refractivity contribution in [2.24, 2.45) is 11.8 Å². The maximum atomic E-state index is 4.25. The van der Waals surface area contributed by atoms with Crippen LogP contribution >= 0.6 is 0 Å². The molecule has 1 fully saturated rings. The first kappa shape index (κ1) is 12.5. The first-order valence-corrected chi connectivity index (χ1v) is 7.33. The van der Waals surface area contributed by atoms with Gasteiger partial charge in [-0.3, -0.25) is 4.98 Å². The van der Waals surface area contributed by atoms with E-state index in [0.717, 1.165) is 11.8 Å². The van der Waals surface area contributed by atoms with Gasteiger partial charge in [0.05, 0.1) is 0 Å². The molecule has 1 aliphatic rings. The average molecular weight is 254 g/mol. The van der Waals surface area contributed by atoms with Crippen molar-refractivity contribution >= 4 is 16.5 Å². The Morgan fingerprint density at radius 1 is 1.11 bits per heavy atom. The van der Waals surface area contributed by atoms with Crippen LogP contribution in [0.3, 0.4) is 0 Å². The molecule has 3 rings (SSSR count). The quantitative estimate of drug-likeness (QED) is 0.855. The molecule has 1 aromatic carbocycles. The Balaban J connectivity index is 1.82. The van der Waals surface area contributed by atoms with Crippen molar-refractivity contribution in [3.05, 3.63) is 36.7 Å². The second-order valence-corrected chi connectivity index (χ2v) is 6.01. The first-order chi connectivity index (χ1) is 9.24. The maximum Gasteiger partial charge on any atom is 0.0437 e. The van der Waals surface area contributed by atoms with E-state index in [1.807, 2.05) is 12.4 Å². The highest BCUT2D eigenvalue weighted by atomic mass is 14.9. The lowest BCUT2D eigenvalue weighted by molar-refractivity contribution is 0.261. The first-order valence-electron chi connectivity index (χ1n) is 7.33. The summed E-state index contributed by atoms with van der Waals surface area (Å²) >= 11 is 0. The van der Waals surface area contributed by atoms with E-state index in [1.165, 1.54) is 35.7 Å². The van der Waals surface area contributed by atoms with Crippen LogP contribution in [0.1, 0.15) is 33.1 Å². The van der Waals surface area contributed by atoms with Gasteiger partial charge in [-0.25, -0.2) is 0 Å². The molecule has 2 nitrogen and oxygen atoms in total. The zero-order valence-electron chi connectivity index (χ0n) is 11.8. The third-order valence-corrected chi connectivity index (χ3v) is 4.64. The molecule has 2 heteroatoms. The van der Waals surface area contributed by atoms with Crippen molar-refractivity contribution in [1.82, 2.24) is 4.98 Å². The smallest absolute Gasteiger partial charge is 0.0437 e. The number of nitrogens with zero attached hydrogens (tertiary/aromatic N) is 1. The number of hydrogen-bond donors (Lipinski definition) is 1. The Hall–Kier alpha value is -1.57. The van der Waals surface area contributed by atoms with Crippen molar-refractivity contribution in [2.45, 2.75) is 39.2 Å². The Labute approximate surface area is 115 Å². The van der Waals surface area contributed by atoms with E-state index < -0.39 is 0 Å². The van der Waals surface area contributed by atoms with Gasteiger partial charge in [0.15, 0.2) is 0 Å². The standard InChI is InChI=1S/C17H22N2/c1-12-6-7-15(10-13(12)2)19-17-5-3-4-14-8-9-18-11-16(14)17/h3-5,8-9,11-13,15,19H,6-7,10H2,1-2H3. The molecule has 19 heavy (non-hydrogen) atoms. The lowest BCUT2D eigenvalue weighted by atomic mass is 9.79. The van der Waals surface area contributed by atoms with Crippen LogP contribution in [-0.4, -0.2) is 11.0 Å². The van der Waals surface area contributed by atoms with E-state index >= 15 is 0 Å². The van der Waals surface area contributed by atoms with E-state index in [0.29, 0.717) is 6.04 Å². The van der Waals surface area contributed by atoms with Gasteiger partial charge >= 0.3 is 0 Å². The van der Waals surface area contributed by atoms with Crippen molar-refractivity contribution < 1.29 is 0 Å². The molecule has 0 radical (unpaired) electrons. The van der Waals surface area contributed by atoms with E-state index in [1.54, 1.807) is 0 Å². The highest BCUT2D eigenvalue weighted by Gasteiger charge is 2.24. The summed E-state index contributed by atoms with van der Waals surface area (Å²) in [6.45, 7) is 4.76. The van der Waals surface area contributed by atoms with Gasteiger partial charge in [0.1, 0.15) is 0 Å². The summed E-state index contributed by atoms with van der Waals surface area (Å²) in [6.07, 6.45) is 7.71. The van der Waals surface area contributed by atoms with Gasteiger partial charge in [-0.1, -0.05) is 26.0 Å². The normalized spacial score (nSPS) is 27.4. The lowest BCUT2D eigenvalue weighted by Crippen LogP contribution is -2.30. The van der Waals surface area contributed by atoms with E-state index in [2.05, 4.69) is 48.4 Å². The van der Waals surface area contributed by atoms with E-state index in [9.17, 15) is 0 Å². The maximum absolute atomic E-state index is 4.25. The van der Waals surface area contributed by atoms with Crippen molar-refractivity contribution in [3.63, 3.8) is 0 Å². The van der Waals surface area contributed by atoms with Gasteiger partial charge < -0.3 is 5.32 Å². The van der Waals surface area contributed by atoms with Crippen LogP contribution in [0.4, 0.5) is 5.69 Å². The molecule has 0 saturated heterocycles. The zero-order chi connectivity index (χ0) is 13.2. The topological polar surface area (TPSA) is 24.9 Å². The fraction of sp³-hybridized carbons (Fsp3) is 0.471. The number of rotatable bonds is 2. The van der Waals surface area contributed by atoms with Gasteiger partial charge in [0, 0.05) is 29.5 Å². The molecule has 3 unspecified atom stereocenters. The molecular formula is C17H22N2. The number of fused-ring (bicyclic) bond motifs is 1. The third-order valence-electron chi connectivity index (χ3n) is 4.64. The van der Waals surface area contributed by atoms with Crippen molar-refractivity contribution in [3.8, 4) is 0 Å². The molecular weight excluding hydrogens is 232 g/mol. The van der Waals surface area contributed by atoms with Gasteiger partial charge in [-0.2, -0.15) is 0 Å². The summed E-state index contributed by atoms with van der Waals surface area (Å²) in [6, 6.07) is 9.13. The van der Waals surface area contributed by atoms with Crippen LogP contribution < -0.4 is 5.32 Å². The fourth-order valence-corrected chi connectivity index (χ4v) is 3.14. The summed E-state index contributed by atoms with van der Waals surface area (Å²) in [5.74, 6) is 1.69. The number of hydrogen-bond acceptors (Lipinski definition) is 2. The third kappa shape index (κ3) is 2.58. The summed E-state index contributed by atoms with van der Waals surface area (Å²) < 4.78 is 0. The molecule has 1 saturated carbocycles. The summed E-state index contributed by atoms with van der Waals surface area (Å²) in [4.78, 5) is 4.25. The fourth-order valence-electron chi connectivity index (χ4n) is 3.14. The minimum absolute atomic E-state index is 0.608. The predicted molar refractivity (Wildman–Crippen MR) is 81.3 cm³/mol. The van der Waals surface area contributed by atoms with Gasteiger partial charge in [0.25, 0.3) is 0 Å². The molecule has 1 N–H and O–H groups in total. The van der Waals surface area contributed by atoms with Crippen LogP contribution in [0.5, 0.6) is 0 Å². The minimum Gasteiger partial charge on any atom is -0.382 e. The molecule has 0 amide bonds. The molecule has 2 aromatic rings. The summed E-state index contributed by atoms with van der Waals surface area (Å²) in [7, 11) is 0. The molecule has 0 bridgehead atoms. The second-order valence-electron chi connectivity index (χ2n) is 6.01. The monoisotopic (exact) mass is 254 g/mol. The Bertz CT molecular complexity index is 559. The van der Waals surface area contributed by atoms with Crippen LogP contribution in [-0.2, 0) is 0 Å². The predicted octanol–water partition coefficient (Wildman–Crippen LogP) is 4.47. The molecule has 1 aromatic heterocycles. The summed E-state index contributed by atoms with van der Waals surface area (Å²) in [5, 5.41) is 6.23. The van der Waals surface area contributed by atoms with Crippen LogP contribution in [0.15, 0.2) is 36.7 Å². The van der Waals surface area contributed by atoms with Crippen molar-refractivity contribution in [2.75, 3.05) is 5.32 Å².